The fourth-order valence-electron chi connectivity index (χ4n) is 2.46. The van der Waals surface area contributed by atoms with E-state index < -0.39 is 13.0 Å². The molecule has 0 bridgehead atoms. The zero-order chi connectivity index (χ0) is 14.4. The molecule has 1 aliphatic rings. The Morgan fingerprint density at radius 3 is 2.85 bits per heavy atom. The maximum atomic E-state index is 11.8. The number of halogens is 2. The van der Waals surface area contributed by atoms with Crippen LogP contribution in [-0.4, -0.2) is 39.3 Å². The van der Waals surface area contributed by atoms with Gasteiger partial charge in [-0.2, -0.15) is 0 Å². The first-order valence-electron chi connectivity index (χ1n) is 6.92. The van der Waals surface area contributed by atoms with E-state index in [4.69, 9.17) is 9.47 Å². The van der Waals surface area contributed by atoms with E-state index in [-0.39, 0.29) is 0 Å². The van der Waals surface area contributed by atoms with Crippen LogP contribution in [0, 0.1) is 0 Å². The lowest BCUT2D eigenvalue weighted by Crippen LogP contribution is -2.41. The molecule has 3 nitrogen and oxygen atoms in total. The lowest BCUT2D eigenvalue weighted by atomic mass is 9.76. The Balaban J connectivity index is 1.62. The molecule has 0 spiro atoms. The molecule has 0 radical (unpaired) electrons. The van der Waals surface area contributed by atoms with Crippen LogP contribution in [0.2, 0.25) is 0 Å². The van der Waals surface area contributed by atoms with Crippen molar-refractivity contribution >= 4 is 0 Å². The second-order valence-electron chi connectivity index (χ2n) is 5.06. The van der Waals surface area contributed by atoms with Crippen molar-refractivity contribution in [2.75, 3.05) is 26.9 Å². The van der Waals surface area contributed by atoms with Crippen molar-refractivity contribution in [3.05, 3.63) is 29.8 Å². The molecule has 0 atom stereocenters. The largest absolute Gasteiger partial charge is 0.497 e. The van der Waals surface area contributed by atoms with Gasteiger partial charge in [-0.15, -0.1) is 0 Å². The molecular weight excluding hydrogens is 264 g/mol. The first-order chi connectivity index (χ1) is 9.69. The molecule has 1 aliphatic carbocycles. The molecule has 1 saturated carbocycles. The van der Waals surface area contributed by atoms with Gasteiger partial charge in [-0.3, -0.25) is 0 Å². The third-order valence-electron chi connectivity index (χ3n) is 3.63. The van der Waals surface area contributed by atoms with Crippen LogP contribution in [0.25, 0.3) is 0 Å². The normalized spacial score (nSPS) is 21.8. The highest BCUT2D eigenvalue weighted by molar-refractivity contribution is 5.32. The van der Waals surface area contributed by atoms with E-state index >= 15 is 0 Å². The smallest absolute Gasteiger partial charge is 0.261 e. The lowest BCUT2D eigenvalue weighted by molar-refractivity contribution is 0.0174. The van der Waals surface area contributed by atoms with Crippen molar-refractivity contribution in [3.63, 3.8) is 0 Å². The van der Waals surface area contributed by atoms with Gasteiger partial charge in [-0.25, -0.2) is 8.78 Å². The van der Waals surface area contributed by atoms with Gasteiger partial charge in [-0.05, 0) is 36.5 Å². The lowest BCUT2D eigenvalue weighted by Gasteiger charge is -2.36. The number of methoxy groups -OCH3 is 1. The highest BCUT2D eigenvalue weighted by atomic mass is 19.3. The van der Waals surface area contributed by atoms with Gasteiger partial charge in [-0.1, -0.05) is 12.1 Å². The molecule has 0 aliphatic heterocycles. The Morgan fingerprint density at radius 2 is 2.15 bits per heavy atom. The minimum atomic E-state index is -2.38. The molecule has 112 valence electrons. The van der Waals surface area contributed by atoms with Crippen LogP contribution in [0.4, 0.5) is 8.78 Å². The van der Waals surface area contributed by atoms with Gasteiger partial charge >= 0.3 is 0 Å². The molecule has 5 heteroatoms. The standard InChI is InChI=1S/C15H21F2NO2/c1-19-14-4-2-3-11(9-14)12-7-13(8-12)18-5-6-20-10-15(16)17/h2-4,9,12-13,15,18H,5-8,10H2,1H3. The number of ether oxygens (including phenoxy) is 2. The molecule has 1 fully saturated rings. The summed E-state index contributed by atoms with van der Waals surface area (Å²) in [5.74, 6) is 1.45. The molecular formula is C15H21F2NO2. The van der Waals surface area contributed by atoms with Crippen molar-refractivity contribution in [1.29, 1.82) is 0 Å². The monoisotopic (exact) mass is 285 g/mol. The van der Waals surface area contributed by atoms with Gasteiger partial charge in [0.25, 0.3) is 6.43 Å². The third kappa shape index (κ3) is 4.42. The summed E-state index contributed by atoms with van der Waals surface area (Å²) in [4.78, 5) is 0. The number of rotatable bonds is 8. The summed E-state index contributed by atoms with van der Waals surface area (Å²) in [5, 5.41) is 3.32. The molecule has 0 aromatic heterocycles. The minimum Gasteiger partial charge on any atom is -0.497 e. The zero-order valence-electron chi connectivity index (χ0n) is 11.6. The summed E-state index contributed by atoms with van der Waals surface area (Å²) >= 11 is 0. The van der Waals surface area contributed by atoms with Gasteiger partial charge in [0.1, 0.15) is 12.4 Å². The van der Waals surface area contributed by atoms with Crippen LogP contribution in [0.15, 0.2) is 24.3 Å². The van der Waals surface area contributed by atoms with Crippen LogP contribution in [0.5, 0.6) is 5.75 Å². The Morgan fingerprint density at radius 1 is 1.35 bits per heavy atom. The predicted molar refractivity (Wildman–Crippen MR) is 73.6 cm³/mol. The van der Waals surface area contributed by atoms with Crippen molar-refractivity contribution in [2.24, 2.45) is 0 Å². The van der Waals surface area contributed by atoms with Crippen LogP contribution < -0.4 is 10.1 Å². The predicted octanol–water partition coefficient (Wildman–Crippen LogP) is 2.81. The molecule has 1 aromatic rings. The fourth-order valence-corrected chi connectivity index (χ4v) is 2.46. The van der Waals surface area contributed by atoms with Crippen LogP contribution in [-0.2, 0) is 4.74 Å². The summed E-state index contributed by atoms with van der Waals surface area (Å²) in [5.41, 5.74) is 1.30. The van der Waals surface area contributed by atoms with E-state index in [2.05, 4.69) is 17.4 Å². The van der Waals surface area contributed by atoms with Gasteiger partial charge in [0, 0.05) is 12.6 Å². The maximum Gasteiger partial charge on any atom is 0.261 e. The van der Waals surface area contributed by atoms with E-state index in [1.165, 1.54) is 5.56 Å². The van der Waals surface area contributed by atoms with Crippen molar-refractivity contribution in [2.45, 2.75) is 31.2 Å². The van der Waals surface area contributed by atoms with Gasteiger partial charge in [0.05, 0.1) is 13.7 Å². The summed E-state index contributed by atoms with van der Waals surface area (Å²) in [7, 11) is 1.67. The number of hydrogen-bond donors (Lipinski definition) is 1. The second-order valence-corrected chi connectivity index (χ2v) is 5.06. The van der Waals surface area contributed by atoms with E-state index in [1.54, 1.807) is 7.11 Å². The van der Waals surface area contributed by atoms with E-state index in [0.29, 0.717) is 25.1 Å². The Bertz CT molecular complexity index is 409. The van der Waals surface area contributed by atoms with Crippen molar-refractivity contribution in [1.82, 2.24) is 5.32 Å². The van der Waals surface area contributed by atoms with Crippen LogP contribution in [0.1, 0.15) is 24.3 Å². The minimum absolute atomic E-state index is 0.338. The number of nitrogens with one attached hydrogen (secondary N) is 1. The molecule has 0 saturated heterocycles. The Labute approximate surface area is 118 Å². The molecule has 0 unspecified atom stereocenters. The highest BCUT2D eigenvalue weighted by Gasteiger charge is 2.29. The quantitative estimate of drug-likeness (QED) is 0.745. The van der Waals surface area contributed by atoms with Crippen LogP contribution >= 0.6 is 0 Å². The average Bonchev–Trinajstić information content (AvgIpc) is 2.40. The summed E-state index contributed by atoms with van der Waals surface area (Å²) in [6, 6.07) is 8.61. The topological polar surface area (TPSA) is 30.5 Å². The van der Waals surface area contributed by atoms with E-state index in [9.17, 15) is 8.78 Å². The molecule has 2 rings (SSSR count). The number of benzene rings is 1. The van der Waals surface area contributed by atoms with Gasteiger partial charge in [0.2, 0.25) is 0 Å². The second kappa shape index (κ2) is 7.55. The summed E-state index contributed by atoms with van der Waals surface area (Å²) < 4.78 is 33.7. The van der Waals surface area contributed by atoms with Crippen molar-refractivity contribution < 1.29 is 18.3 Å². The first-order valence-corrected chi connectivity index (χ1v) is 6.92. The Hall–Kier alpha value is -1.20. The first kappa shape index (κ1) is 15.2. The number of hydrogen-bond acceptors (Lipinski definition) is 3. The van der Waals surface area contributed by atoms with Crippen molar-refractivity contribution in [3.8, 4) is 5.75 Å². The fraction of sp³-hybridized carbons (Fsp3) is 0.600. The molecule has 20 heavy (non-hydrogen) atoms. The van der Waals surface area contributed by atoms with Crippen LogP contribution in [0.3, 0.4) is 0 Å². The molecule has 1 aromatic carbocycles. The Kier molecular flexibility index (Phi) is 5.73. The van der Waals surface area contributed by atoms with E-state index in [1.807, 2.05) is 12.1 Å². The zero-order valence-corrected chi connectivity index (χ0v) is 11.6. The molecule has 1 N–H and O–H groups in total. The maximum absolute atomic E-state index is 11.8. The molecule has 0 amide bonds. The van der Waals surface area contributed by atoms with Gasteiger partial charge in [0.15, 0.2) is 0 Å². The SMILES string of the molecule is COc1cccc(C2CC(NCCOCC(F)F)C2)c1. The summed E-state index contributed by atoms with van der Waals surface area (Å²) in [6.45, 7) is 0.492. The van der Waals surface area contributed by atoms with Gasteiger partial charge < -0.3 is 14.8 Å². The molecule has 0 heterocycles. The summed E-state index contributed by atoms with van der Waals surface area (Å²) in [6.07, 6.45) is -0.236. The third-order valence-corrected chi connectivity index (χ3v) is 3.63. The number of alkyl halides is 2. The average molecular weight is 285 g/mol. The highest BCUT2D eigenvalue weighted by Crippen LogP contribution is 2.37. The van der Waals surface area contributed by atoms with E-state index in [0.717, 1.165) is 18.6 Å².